The number of aromatic nitrogens is 1. The van der Waals surface area contributed by atoms with Crippen LogP contribution in [0.1, 0.15) is 33.1 Å². The lowest BCUT2D eigenvalue weighted by Gasteiger charge is -2.32. The molecule has 2 heterocycles. The molecule has 9 heteroatoms. The molecule has 0 radical (unpaired) electrons. The highest BCUT2D eigenvalue weighted by Crippen LogP contribution is 2.39. The van der Waals surface area contributed by atoms with Crippen molar-refractivity contribution in [1.82, 2.24) is 4.98 Å². The molecule has 1 unspecified atom stereocenters. The molecule has 2 amide bonds. The van der Waals surface area contributed by atoms with Crippen LogP contribution in [0.3, 0.4) is 0 Å². The summed E-state index contributed by atoms with van der Waals surface area (Å²) in [5, 5.41) is 0.408. The summed E-state index contributed by atoms with van der Waals surface area (Å²) in [6.45, 7) is 0. The molecule has 152 valence electrons. The highest BCUT2D eigenvalue weighted by Gasteiger charge is 2.43. The van der Waals surface area contributed by atoms with Crippen molar-refractivity contribution in [3.63, 3.8) is 0 Å². The van der Waals surface area contributed by atoms with Gasteiger partial charge in [-0.25, -0.2) is 4.90 Å². The van der Waals surface area contributed by atoms with Crippen LogP contribution < -0.4 is 4.90 Å². The summed E-state index contributed by atoms with van der Waals surface area (Å²) in [6.07, 6.45) is -4.06. The Labute approximate surface area is 182 Å². The van der Waals surface area contributed by atoms with Crippen molar-refractivity contribution in [2.75, 3.05) is 4.90 Å². The third kappa shape index (κ3) is 3.61. The third-order valence-electron chi connectivity index (χ3n) is 4.72. The van der Waals surface area contributed by atoms with Gasteiger partial charge in [0.2, 0.25) is 5.91 Å². The predicted molar refractivity (Wildman–Crippen MR) is 108 cm³/mol. The zero-order valence-corrected chi connectivity index (χ0v) is 17.3. The second-order valence-corrected chi connectivity index (χ2v) is 7.95. The van der Waals surface area contributed by atoms with E-state index in [4.69, 9.17) is 11.6 Å². The maximum atomic E-state index is 13.4. The lowest BCUT2D eigenvalue weighted by atomic mass is 9.84. The van der Waals surface area contributed by atoms with E-state index in [2.05, 4.69) is 20.9 Å². The van der Waals surface area contributed by atoms with Gasteiger partial charge in [-0.1, -0.05) is 39.7 Å². The molecule has 1 aliphatic heterocycles. The van der Waals surface area contributed by atoms with Crippen LogP contribution in [0.2, 0.25) is 5.02 Å². The summed E-state index contributed by atoms with van der Waals surface area (Å²) < 4.78 is 40.6. The van der Waals surface area contributed by atoms with Crippen molar-refractivity contribution in [2.45, 2.75) is 12.1 Å². The van der Waals surface area contributed by atoms with E-state index in [1.807, 2.05) is 0 Å². The Kier molecular flexibility index (Phi) is 5.15. The number of carbonyl (C=O) groups excluding carboxylic acids is 2. The number of halogens is 5. The Balaban J connectivity index is 1.93. The van der Waals surface area contributed by atoms with Crippen LogP contribution in [0.5, 0.6) is 0 Å². The monoisotopic (exact) mass is 494 g/mol. The maximum Gasteiger partial charge on any atom is 0.417 e. The minimum absolute atomic E-state index is 0.0875. The number of amides is 2. The van der Waals surface area contributed by atoms with Crippen molar-refractivity contribution >= 4 is 45.0 Å². The Morgan fingerprint density at radius 3 is 2.23 bits per heavy atom. The largest absolute Gasteiger partial charge is 0.417 e. The molecule has 0 bridgehead atoms. The van der Waals surface area contributed by atoms with Gasteiger partial charge in [0.15, 0.2) is 0 Å². The minimum atomic E-state index is -4.67. The minimum Gasteiger partial charge on any atom is -0.273 e. The fourth-order valence-corrected chi connectivity index (χ4v) is 3.71. The Hall–Kier alpha value is -2.71. The fourth-order valence-electron chi connectivity index (χ4n) is 3.32. The van der Waals surface area contributed by atoms with Crippen LogP contribution in [-0.2, 0) is 11.0 Å². The first-order valence-corrected chi connectivity index (χ1v) is 9.80. The average Bonchev–Trinajstić information content (AvgIpc) is 2.70. The summed E-state index contributed by atoms with van der Waals surface area (Å²) in [6, 6.07) is 13.4. The van der Waals surface area contributed by atoms with E-state index in [1.165, 1.54) is 12.1 Å². The van der Waals surface area contributed by atoms with Gasteiger partial charge in [-0.05, 0) is 48.0 Å². The van der Waals surface area contributed by atoms with Crippen molar-refractivity contribution in [3.8, 4) is 0 Å². The molecule has 2 aromatic carbocycles. The van der Waals surface area contributed by atoms with Crippen LogP contribution >= 0.6 is 27.5 Å². The van der Waals surface area contributed by atoms with Gasteiger partial charge in [0, 0.05) is 21.3 Å². The molecule has 0 spiro atoms. The van der Waals surface area contributed by atoms with Crippen LogP contribution in [0.4, 0.5) is 18.9 Å². The molecule has 30 heavy (non-hydrogen) atoms. The Morgan fingerprint density at radius 2 is 1.63 bits per heavy atom. The number of nitrogens with zero attached hydrogens (tertiary/aromatic N) is 2. The number of imide groups is 1. The lowest BCUT2D eigenvalue weighted by Crippen LogP contribution is -2.46. The fraction of sp³-hybridized carbons (Fsp3) is 0.0952. The van der Waals surface area contributed by atoms with Crippen LogP contribution in [0.25, 0.3) is 0 Å². The number of hydrogen-bond donors (Lipinski definition) is 0. The average molecular weight is 496 g/mol. The molecule has 0 saturated heterocycles. The predicted octanol–water partition coefficient (Wildman–Crippen LogP) is 5.84. The van der Waals surface area contributed by atoms with Gasteiger partial charge in [-0.15, -0.1) is 0 Å². The van der Waals surface area contributed by atoms with E-state index < -0.39 is 29.5 Å². The van der Waals surface area contributed by atoms with Gasteiger partial charge >= 0.3 is 6.18 Å². The number of pyridine rings is 1. The first kappa shape index (κ1) is 20.6. The third-order valence-corrected chi connectivity index (χ3v) is 5.50. The molecule has 0 fully saturated rings. The Morgan fingerprint density at radius 1 is 1.00 bits per heavy atom. The number of carbonyl (C=O) groups is 2. The topological polar surface area (TPSA) is 50.3 Å². The molecule has 0 N–H and O–H groups in total. The SMILES string of the molecule is O=C1c2ncc(C(F)(F)F)cc2C(c2ccc(Cl)cc2)C(=O)N1c1ccc(Br)cc1. The van der Waals surface area contributed by atoms with Crippen LogP contribution in [0, 0.1) is 0 Å². The van der Waals surface area contributed by atoms with Crippen molar-refractivity contribution in [2.24, 2.45) is 0 Å². The smallest absolute Gasteiger partial charge is 0.273 e. The number of alkyl halides is 3. The molecule has 1 atom stereocenters. The highest BCUT2D eigenvalue weighted by atomic mass is 79.9. The van der Waals surface area contributed by atoms with Gasteiger partial charge in [-0.2, -0.15) is 13.2 Å². The van der Waals surface area contributed by atoms with E-state index >= 15 is 0 Å². The number of hydrogen-bond acceptors (Lipinski definition) is 3. The van der Waals surface area contributed by atoms with Crippen molar-refractivity contribution in [3.05, 3.63) is 92.7 Å². The zero-order valence-electron chi connectivity index (χ0n) is 15.0. The van der Waals surface area contributed by atoms with Gasteiger partial charge < -0.3 is 0 Å². The maximum absolute atomic E-state index is 13.4. The number of benzene rings is 2. The van der Waals surface area contributed by atoms with E-state index in [9.17, 15) is 22.8 Å². The lowest BCUT2D eigenvalue weighted by molar-refractivity contribution is -0.138. The molecule has 1 aromatic heterocycles. The zero-order chi connectivity index (χ0) is 21.6. The van der Waals surface area contributed by atoms with E-state index in [1.54, 1.807) is 36.4 Å². The first-order valence-electron chi connectivity index (χ1n) is 8.63. The summed E-state index contributed by atoms with van der Waals surface area (Å²) in [5.74, 6) is -2.59. The first-order chi connectivity index (χ1) is 14.2. The molecule has 3 aromatic rings. The van der Waals surface area contributed by atoms with E-state index in [-0.39, 0.29) is 11.3 Å². The van der Waals surface area contributed by atoms with Crippen molar-refractivity contribution < 1.29 is 22.8 Å². The summed E-state index contributed by atoms with van der Waals surface area (Å²) in [5.41, 5.74) is -0.625. The van der Waals surface area contributed by atoms with Gasteiger partial charge in [0.1, 0.15) is 5.69 Å². The van der Waals surface area contributed by atoms with Crippen molar-refractivity contribution in [1.29, 1.82) is 0 Å². The van der Waals surface area contributed by atoms with E-state index in [0.29, 0.717) is 22.5 Å². The van der Waals surface area contributed by atoms with Crippen LogP contribution in [-0.4, -0.2) is 16.8 Å². The highest BCUT2D eigenvalue weighted by molar-refractivity contribution is 9.10. The van der Waals surface area contributed by atoms with Gasteiger partial charge in [-0.3, -0.25) is 14.6 Å². The van der Waals surface area contributed by atoms with Crippen LogP contribution in [0.15, 0.2) is 65.3 Å². The molecule has 0 aliphatic carbocycles. The quantitative estimate of drug-likeness (QED) is 0.420. The molecular weight excluding hydrogens is 485 g/mol. The number of rotatable bonds is 2. The molecule has 1 aliphatic rings. The summed E-state index contributed by atoms with van der Waals surface area (Å²) in [4.78, 5) is 31.1. The second-order valence-electron chi connectivity index (χ2n) is 6.60. The molecule has 4 rings (SSSR count). The molecular formula is C21H11BrClF3N2O2. The van der Waals surface area contributed by atoms with E-state index in [0.717, 1.165) is 15.4 Å². The summed E-state index contributed by atoms with van der Waals surface area (Å²) >= 11 is 9.21. The number of fused-ring (bicyclic) bond motifs is 1. The van der Waals surface area contributed by atoms with Gasteiger partial charge in [0.25, 0.3) is 5.91 Å². The normalized spacial score (nSPS) is 16.6. The molecule has 4 nitrogen and oxygen atoms in total. The number of anilines is 1. The second kappa shape index (κ2) is 7.52. The summed E-state index contributed by atoms with van der Waals surface area (Å²) in [7, 11) is 0. The van der Waals surface area contributed by atoms with Gasteiger partial charge in [0.05, 0.1) is 17.2 Å². The Bertz CT molecular complexity index is 1150. The molecule has 0 saturated carbocycles. The standard InChI is InChI=1S/C21H11BrClF3N2O2/c22-13-3-7-15(8-4-13)28-19(29)17(11-1-5-14(23)6-2-11)16-9-12(21(24,25)26)10-27-18(16)20(28)30/h1-10,17H.